The highest BCUT2D eigenvalue weighted by atomic mass is 16.6. The molecule has 0 rings (SSSR count). The highest BCUT2D eigenvalue weighted by molar-refractivity contribution is 5.69. The van der Waals surface area contributed by atoms with Crippen molar-refractivity contribution in [3.8, 4) is 0 Å². The van der Waals surface area contributed by atoms with E-state index in [0.29, 0.717) is 112 Å². The van der Waals surface area contributed by atoms with E-state index in [1.807, 2.05) is 0 Å². The summed E-state index contributed by atoms with van der Waals surface area (Å²) in [4.78, 5) is 21.9. The van der Waals surface area contributed by atoms with Crippen LogP contribution in [0.2, 0.25) is 0 Å². The van der Waals surface area contributed by atoms with Crippen LogP contribution in [0.3, 0.4) is 0 Å². The van der Waals surface area contributed by atoms with E-state index in [9.17, 15) is 9.59 Å². The molecule has 0 aromatic rings. The molecule has 0 amide bonds. The van der Waals surface area contributed by atoms with Crippen molar-refractivity contribution in [3.05, 3.63) is 0 Å². The largest absolute Gasteiger partial charge is 0.480 e. The second-order valence-corrected chi connectivity index (χ2v) is 9.08. The summed E-state index contributed by atoms with van der Waals surface area (Å²) in [6.07, 6.45) is 7.39. The van der Waals surface area contributed by atoms with Crippen molar-refractivity contribution in [2.24, 2.45) is 0 Å². The summed E-state index contributed by atoms with van der Waals surface area (Å²) < 4.78 is 53.2. The van der Waals surface area contributed by atoms with Crippen molar-refractivity contribution in [2.75, 3.05) is 126 Å². The average molecular weight is 613 g/mol. The lowest BCUT2D eigenvalue weighted by atomic mass is 10.1. The first-order valence-electron chi connectivity index (χ1n) is 15.2. The number of carboxylic acids is 1. The predicted molar refractivity (Wildman–Crippen MR) is 154 cm³/mol. The third kappa shape index (κ3) is 36.6. The van der Waals surface area contributed by atoms with Gasteiger partial charge >= 0.3 is 11.9 Å². The SMILES string of the molecule is CCCCCCCCC(=O)OCCOCCOCCOCCOCCOCCOCCOCCOCCOCC(=O)O. The number of aliphatic carboxylic acids is 1. The van der Waals surface area contributed by atoms with Gasteiger partial charge < -0.3 is 52.5 Å². The molecule has 0 radical (unpaired) electrons. The molecular weight excluding hydrogens is 556 g/mol. The van der Waals surface area contributed by atoms with Gasteiger partial charge in [-0.15, -0.1) is 0 Å². The van der Waals surface area contributed by atoms with E-state index in [0.717, 1.165) is 12.8 Å². The van der Waals surface area contributed by atoms with Crippen LogP contribution in [0.15, 0.2) is 0 Å². The van der Waals surface area contributed by atoms with Gasteiger partial charge in [-0.1, -0.05) is 39.0 Å². The van der Waals surface area contributed by atoms with Gasteiger partial charge in [0.1, 0.15) is 13.2 Å². The van der Waals surface area contributed by atoms with E-state index >= 15 is 0 Å². The lowest BCUT2D eigenvalue weighted by molar-refractivity contribution is -0.145. The van der Waals surface area contributed by atoms with Gasteiger partial charge in [-0.2, -0.15) is 0 Å². The molecule has 1 N–H and O–H groups in total. The van der Waals surface area contributed by atoms with Crippen molar-refractivity contribution in [1.29, 1.82) is 0 Å². The Hall–Kier alpha value is -1.42. The average Bonchev–Trinajstić information content (AvgIpc) is 2.98. The summed E-state index contributed by atoms with van der Waals surface area (Å²) in [5.41, 5.74) is 0. The molecule has 0 aliphatic carbocycles. The van der Waals surface area contributed by atoms with Crippen LogP contribution < -0.4 is 0 Å². The minimum absolute atomic E-state index is 0.149. The summed E-state index contributed by atoms with van der Waals surface area (Å²) in [6, 6.07) is 0. The zero-order chi connectivity index (χ0) is 30.6. The van der Waals surface area contributed by atoms with E-state index in [1.165, 1.54) is 25.7 Å². The number of ether oxygens (including phenoxy) is 10. The minimum atomic E-state index is -0.997. The summed E-state index contributed by atoms with van der Waals surface area (Å²) in [6.45, 7) is 9.61. The minimum Gasteiger partial charge on any atom is -0.480 e. The quantitative estimate of drug-likeness (QED) is 0.0817. The van der Waals surface area contributed by atoms with Crippen molar-refractivity contribution in [1.82, 2.24) is 0 Å². The molecule has 0 saturated carbocycles. The first-order valence-corrected chi connectivity index (χ1v) is 15.2. The second kappa shape index (κ2) is 35.8. The van der Waals surface area contributed by atoms with E-state index in [-0.39, 0.29) is 25.8 Å². The zero-order valence-electron chi connectivity index (χ0n) is 25.7. The predicted octanol–water partition coefficient (Wildman–Crippen LogP) is 2.51. The molecule has 0 aliphatic rings. The molecule has 0 spiro atoms. The lowest BCUT2D eigenvalue weighted by Crippen LogP contribution is -2.15. The van der Waals surface area contributed by atoms with Gasteiger partial charge in [-0.05, 0) is 6.42 Å². The number of esters is 1. The first-order chi connectivity index (χ1) is 20.7. The van der Waals surface area contributed by atoms with Crippen LogP contribution >= 0.6 is 0 Å². The van der Waals surface area contributed by atoms with Gasteiger partial charge in [0.25, 0.3) is 0 Å². The molecule has 0 bridgehead atoms. The second-order valence-electron chi connectivity index (χ2n) is 9.08. The van der Waals surface area contributed by atoms with Crippen molar-refractivity contribution < 1.29 is 62.1 Å². The molecule has 0 unspecified atom stereocenters. The summed E-state index contributed by atoms with van der Waals surface area (Å²) >= 11 is 0. The molecule has 13 nitrogen and oxygen atoms in total. The summed E-state index contributed by atoms with van der Waals surface area (Å²) in [7, 11) is 0. The Kier molecular flexibility index (Phi) is 34.6. The van der Waals surface area contributed by atoms with Crippen molar-refractivity contribution >= 4 is 11.9 Å². The fraction of sp³-hybridized carbons (Fsp3) is 0.931. The summed E-state index contributed by atoms with van der Waals surface area (Å²) in [5.74, 6) is -1.15. The van der Waals surface area contributed by atoms with Gasteiger partial charge in [0.2, 0.25) is 0 Å². The molecule has 0 aromatic heterocycles. The molecule has 0 saturated heterocycles. The van der Waals surface area contributed by atoms with Crippen LogP contribution in [0.5, 0.6) is 0 Å². The molecule has 0 fully saturated rings. The Morgan fingerprint density at radius 2 is 0.738 bits per heavy atom. The van der Waals surface area contributed by atoms with Gasteiger partial charge in [0.15, 0.2) is 0 Å². The number of unbranched alkanes of at least 4 members (excludes halogenated alkanes) is 5. The number of carbonyl (C=O) groups is 2. The number of carboxylic acid groups (broad SMARTS) is 1. The Labute approximate surface area is 251 Å². The van der Waals surface area contributed by atoms with Gasteiger partial charge in [-0.3, -0.25) is 4.79 Å². The Bertz CT molecular complexity index is 566. The van der Waals surface area contributed by atoms with E-state index < -0.39 is 5.97 Å². The third-order valence-electron chi connectivity index (χ3n) is 5.43. The van der Waals surface area contributed by atoms with Crippen LogP contribution in [-0.2, 0) is 57.0 Å². The van der Waals surface area contributed by atoms with Crippen molar-refractivity contribution in [3.63, 3.8) is 0 Å². The number of hydrogen-bond donors (Lipinski definition) is 1. The first kappa shape index (κ1) is 40.6. The standard InChI is InChI=1S/C29H56O13/c1-2-3-4-5-6-7-8-29(32)42-26-25-40-22-21-38-18-17-36-14-13-34-10-9-33-11-12-35-15-16-37-19-20-39-23-24-41-27-28(30)31/h2-27H2,1H3,(H,30,31). The van der Waals surface area contributed by atoms with E-state index in [2.05, 4.69) is 6.92 Å². The van der Waals surface area contributed by atoms with Crippen LogP contribution in [0.25, 0.3) is 0 Å². The Balaban J connectivity index is 3.10. The number of hydrogen-bond acceptors (Lipinski definition) is 12. The fourth-order valence-electron chi connectivity index (χ4n) is 3.26. The molecule has 0 aromatic carbocycles. The maximum atomic E-state index is 11.6. The van der Waals surface area contributed by atoms with E-state index in [1.54, 1.807) is 0 Å². The maximum Gasteiger partial charge on any atom is 0.329 e. The Morgan fingerprint density at radius 3 is 1.10 bits per heavy atom. The fourth-order valence-corrected chi connectivity index (χ4v) is 3.26. The monoisotopic (exact) mass is 612 g/mol. The molecule has 0 aliphatic heterocycles. The zero-order valence-corrected chi connectivity index (χ0v) is 25.7. The molecule has 13 heteroatoms. The summed E-state index contributed by atoms with van der Waals surface area (Å²) in [5, 5.41) is 8.41. The maximum absolute atomic E-state index is 11.6. The van der Waals surface area contributed by atoms with Crippen LogP contribution in [0.4, 0.5) is 0 Å². The number of carbonyl (C=O) groups excluding carboxylic acids is 1. The highest BCUT2D eigenvalue weighted by Gasteiger charge is 2.02. The van der Waals surface area contributed by atoms with Crippen LogP contribution in [-0.4, -0.2) is 143 Å². The highest BCUT2D eigenvalue weighted by Crippen LogP contribution is 2.07. The number of rotatable bonds is 36. The molecule has 250 valence electrons. The van der Waals surface area contributed by atoms with Crippen molar-refractivity contribution in [2.45, 2.75) is 51.9 Å². The van der Waals surface area contributed by atoms with E-state index in [4.69, 9.17) is 52.5 Å². The van der Waals surface area contributed by atoms with Gasteiger partial charge in [0.05, 0.1) is 112 Å². The smallest absolute Gasteiger partial charge is 0.329 e. The van der Waals surface area contributed by atoms with Crippen LogP contribution in [0, 0.1) is 0 Å². The third-order valence-corrected chi connectivity index (χ3v) is 5.43. The van der Waals surface area contributed by atoms with Crippen LogP contribution in [0.1, 0.15) is 51.9 Å². The van der Waals surface area contributed by atoms with Gasteiger partial charge in [0, 0.05) is 6.42 Å². The normalized spacial score (nSPS) is 11.3. The van der Waals surface area contributed by atoms with Gasteiger partial charge in [-0.25, -0.2) is 4.79 Å². The Morgan fingerprint density at radius 1 is 0.429 bits per heavy atom. The molecule has 42 heavy (non-hydrogen) atoms. The molecular formula is C29H56O13. The lowest BCUT2D eigenvalue weighted by Gasteiger charge is -2.09. The topological polar surface area (TPSA) is 147 Å². The molecule has 0 heterocycles. The molecule has 0 atom stereocenters.